The number of halogens is 1. The highest BCUT2D eigenvalue weighted by Crippen LogP contribution is 2.23. The molecular weight excluding hydrogens is 248 g/mol. The molecule has 3 aromatic rings. The Kier molecular flexibility index (Phi) is 2.52. The molecule has 0 aliphatic carbocycles. The van der Waals surface area contributed by atoms with Crippen LogP contribution in [0.2, 0.25) is 5.15 Å². The van der Waals surface area contributed by atoms with Crippen molar-refractivity contribution in [3.8, 4) is 5.82 Å². The monoisotopic (exact) mass is 258 g/mol. The second-order valence-electron chi connectivity index (χ2n) is 4.14. The molecule has 0 fully saturated rings. The highest BCUT2D eigenvalue weighted by atomic mass is 35.5. The van der Waals surface area contributed by atoms with E-state index >= 15 is 0 Å². The zero-order chi connectivity index (χ0) is 12.7. The fourth-order valence-corrected chi connectivity index (χ4v) is 2.28. The van der Waals surface area contributed by atoms with Gasteiger partial charge in [0.2, 0.25) is 0 Å². The summed E-state index contributed by atoms with van der Waals surface area (Å²) < 4.78 is 2.00. The fourth-order valence-electron chi connectivity index (χ4n) is 2.14. The molecule has 18 heavy (non-hydrogen) atoms. The molecular formula is C13H11ClN4. The van der Waals surface area contributed by atoms with E-state index in [0.29, 0.717) is 5.15 Å². The van der Waals surface area contributed by atoms with Crippen molar-refractivity contribution in [3.63, 3.8) is 0 Å². The quantitative estimate of drug-likeness (QED) is 0.630. The lowest BCUT2D eigenvalue weighted by molar-refractivity contribution is 0.940. The average Bonchev–Trinajstić information content (AvgIpc) is 2.67. The second kappa shape index (κ2) is 4.07. The zero-order valence-electron chi connectivity index (χ0n) is 10.1. The number of rotatable bonds is 1. The third-order valence-electron chi connectivity index (χ3n) is 2.89. The van der Waals surface area contributed by atoms with Gasteiger partial charge in [-0.1, -0.05) is 23.7 Å². The zero-order valence-corrected chi connectivity index (χ0v) is 10.8. The summed E-state index contributed by atoms with van der Waals surface area (Å²) in [5.74, 6) is 1.62. The maximum absolute atomic E-state index is 5.92. The van der Waals surface area contributed by atoms with E-state index in [1.165, 1.54) is 6.33 Å². The second-order valence-corrected chi connectivity index (χ2v) is 4.52. The SMILES string of the molecule is Cc1cccc2nc(C)n(-c3cc(Cl)ncn3)c12. The van der Waals surface area contributed by atoms with Crippen molar-refractivity contribution < 1.29 is 0 Å². The Labute approximate surface area is 109 Å². The first-order valence-electron chi connectivity index (χ1n) is 5.59. The summed E-state index contributed by atoms with van der Waals surface area (Å²) in [6, 6.07) is 7.79. The van der Waals surface area contributed by atoms with Gasteiger partial charge in [-0.05, 0) is 25.5 Å². The molecule has 0 saturated heterocycles. The summed E-state index contributed by atoms with van der Waals surface area (Å²) in [5, 5.41) is 0.426. The lowest BCUT2D eigenvalue weighted by Crippen LogP contribution is -2.01. The number of hydrogen-bond donors (Lipinski definition) is 0. The first kappa shape index (κ1) is 11.2. The Hall–Kier alpha value is -1.94. The van der Waals surface area contributed by atoms with Gasteiger partial charge >= 0.3 is 0 Å². The lowest BCUT2D eigenvalue weighted by Gasteiger charge is -2.07. The third-order valence-corrected chi connectivity index (χ3v) is 3.10. The van der Waals surface area contributed by atoms with Crippen molar-refractivity contribution in [2.24, 2.45) is 0 Å². The number of aryl methyl sites for hydroxylation is 2. The minimum Gasteiger partial charge on any atom is -0.280 e. The lowest BCUT2D eigenvalue weighted by atomic mass is 10.2. The molecule has 90 valence electrons. The Bertz CT molecular complexity index is 733. The van der Waals surface area contributed by atoms with Crippen molar-refractivity contribution in [1.29, 1.82) is 0 Å². The van der Waals surface area contributed by atoms with Crippen LogP contribution in [-0.2, 0) is 0 Å². The third kappa shape index (κ3) is 1.66. The number of para-hydroxylation sites is 1. The van der Waals surface area contributed by atoms with Crippen molar-refractivity contribution in [2.75, 3.05) is 0 Å². The van der Waals surface area contributed by atoms with E-state index in [-0.39, 0.29) is 0 Å². The van der Waals surface area contributed by atoms with Crippen LogP contribution in [0.4, 0.5) is 0 Å². The Morgan fingerprint density at radius 1 is 1.17 bits per heavy atom. The number of hydrogen-bond acceptors (Lipinski definition) is 3. The van der Waals surface area contributed by atoms with Crippen LogP contribution < -0.4 is 0 Å². The van der Waals surface area contributed by atoms with Gasteiger partial charge in [0, 0.05) is 6.07 Å². The fraction of sp³-hybridized carbons (Fsp3) is 0.154. The van der Waals surface area contributed by atoms with Gasteiger partial charge in [-0.15, -0.1) is 0 Å². The molecule has 0 aliphatic heterocycles. The van der Waals surface area contributed by atoms with E-state index in [0.717, 1.165) is 28.2 Å². The number of imidazole rings is 1. The summed E-state index contributed by atoms with van der Waals surface area (Å²) in [4.78, 5) is 12.7. The smallest absolute Gasteiger partial charge is 0.143 e. The molecule has 2 heterocycles. The van der Waals surface area contributed by atoms with Gasteiger partial charge in [0.25, 0.3) is 0 Å². The van der Waals surface area contributed by atoms with Crippen molar-refractivity contribution in [1.82, 2.24) is 19.5 Å². The van der Waals surface area contributed by atoms with Crippen molar-refractivity contribution in [3.05, 3.63) is 47.1 Å². The van der Waals surface area contributed by atoms with E-state index < -0.39 is 0 Å². The number of fused-ring (bicyclic) bond motifs is 1. The Morgan fingerprint density at radius 2 is 2.00 bits per heavy atom. The molecule has 0 bridgehead atoms. The summed E-state index contributed by atoms with van der Waals surface area (Å²) >= 11 is 5.92. The maximum Gasteiger partial charge on any atom is 0.143 e. The van der Waals surface area contributed by atoms with Gasteiger partial charge in [0.15, 0.2) is 0 Å². The highest BCUT2D eigenvalue weighted by Gasteiger charge is 2.12. The number of aromatic nitrogens is 4. The molecule has 3 rings (SSSR count). The molecule has 2 aromatic heterocycles. The highest BCUT2D eigenvalue weighted by molar-refractivity contribution is 6.29. The van der Waals surface area contributed by atoms with Gasteiger partial charge in [0.05, 0.1) is 11.0 Å². The molecule has 0 unspecified atom stereocenters. The van der Waals surface area contributed by atoms with Gasteiger partial charge in [0.1, 0.15) is 23.1 Å². The minimum absolute atomic E-state index is 0.426. The van der Waals surface area contributed by atoms with E-state index in [1.54, 1.807) is 6.07 Å². The first-order valence-corrected chi connectivity index (χ1v) is 5.97. The largest absolute Gasteiger partial charge is 0.280 e. The van der Waals surface area contributed by atoms with Gasteiger partial charge in [-0.25, -0.2) is 15.0 Å². The van der Waals surface area contributed by atoms with E-state index in [1.807, 2.05) is 23.6 Å². The molecule has 1 aromatic carbocycles. The summed E-state index contributed by atoms with van der Waals surface area (Å²) in [5.41, 5.74) is 3.18. The summed E-state index contributed by atoms with van der Waals surface area (Å²) in [6.45, 7) is 4.01. The Morgan fingerprint density at radius 3 is 2.78 bits per heavy atom. The van der Waals surface area contributed by atoms with E-state index in [4.69, 9.17) is 11.6 Å². The molecule has 0 radical (unpaired) electrons. The standard InChI is InChI=1S/C13H11ClN4/c1-8-4-3-5-10-13(8)18(9(2)17-10)12-6-11(14)15-7-16-12/h3-7H,1-2H3. The van der Waals surface area contributed by atoms with Crippen LogP contribution >= 0.6 is 11.6 Å². The molecule has 4 nitrogen and oxygen atoms in total. The van der Waals surface area contributed by atoms with Gasteiger partial charge in [-0.2, -0.15) is 0 Å². The van der Waals surface area contributed by atoms with Crippen LogP contribution in [0.15, 0.2) is 30.6 Å². The molecule has 0 atom stereocenters. The summed E-state index contributed by atoms with van der Waals surface area (Å²) in [6.07, 6.45) is 1.46. The van der Waals surface area contributed by atoms with E-state index in [9.17, 15) is 0 Å². The summed E-state index contributed by atoms with van der Waals surface area (Å²) in [7, 11) is 0. The van der Waals surface area contributed by atoms with Crippen LogP contribution in [0, 0.1) is 13.8 Å². The molecule has 0 saturated carbocycles. The molecule has 0 N–H and O–H groups in total. The van der Waals surface area contributed by atoms with Crippen LogP contribution in [0.25, 0.3) is 16.9 Å². The minimum atomic E-state index is 0.426. The van der Waals surface area contributed by atoms with Gasteiger partial charge in [-0.3, -0.25) is 4.57 Å². The predicted octanol–water partition coefficient (Wildman–Crippen LogP) is 3.09. The molecule has 5 heteroatoms. The van der Waals surface area contributed by atoms with Crippen molar-refractivity contribution >= 4 is 22.6 Å². The first-order chi connectivity index (χ1) is 8.66. The number of nitrogens with zero attached hydrogens (tertiary/aromatic N) is 4. The molecule has 0 amide bonds. The van der Waals surface area contributed by atoms with Crippen LogP contribution in [0.3, 0.4) is 0 Å². The predicted molar refractivity (Wildman–Crippen MR) is 71.1 cm³/mol. The van der Waals surface area contributed by atoms with Crippen LogP contribution in [0.5, 0.6) is 0 Å². The normalized spacial score (nSPS) is 11.1. The van der Waals surface area contributed by atoms with E-state index in [2.05, 4.69) is 27.9 Å². The molecule has 0 aliphatic rings. The van der Waals surface area contributed by atoms with Crippen LogP contribution in [0.1, 0.15) is 11.4 Å². The number of benzene rings is 1. The van der Waals surface area contributed by atoms with Crippen molar-refractivity contribution in [2.45, 2.75) is 13.8 Å². The maximum atomic E-state index is 5.92. The van der Waals surface area contributed by atoms with Crippen LogP contribution in [-0.4, -0.2) is 19.5 Å². The Balaban J connectivity index is 2.38. The average molecular weight is 259 g/mol. The topological polar surface area (TPSA) is 43.6 Å². The van der Waals surface area contributed by atoms with Gasteiger partial charge < -0.3 is 0 Å². The molecule has 0 spiro atoms.